The highest BCUT2D eigenvalue weighted by atomic mass is 35.5. The molecule has 0 bridgehead atoms. The van der Waals surface area contributed by atoms with Crippen LogP contribution in [0.2, 0.25) is 10.0 Å². The highest BCUT2D eigenvalue weighted by Gasteiger charge is 2.57. The van der Waals surface area contributed by atoms with Gasteiger partial charge in [0.1, 0.15) is 17.3 Å². The average molecular weight is 623 g/mol. The SMILES string of the molecule is CCN1C(C(=O)NC(Cc2ccc(NC(=O)c3c(Cl)cccc3Cl)cc2)C(=O)OC)C(C(=O)O)SC12CCCCC2. The molecule has 2 amide bonds. The van der Waals surface area contributed by atoms with Crippen molar-refractivity contribution in [2.75, 3.05) is 19.0 Å². The van der Waals surface area contributed by atoms with Gasteiger partial charge in [-0.05, 0) is 49.2 Å². The fourth-order valence-corrected chi connectivity index (χ4v) is 8.15. The molecule has 1 spiro atoms. The molecule has 3 N–H and O–H groups in total. The number of likely N-dealkylation sites (N-methyl/N-ethyl adjacent to an activating group) is 1. The summed E-state index contributed by atoms with van der Waals surface area (Å²) in [5.41, 5.74) is 1.34. The molecule has 9 nitrogen and oxygen atoms in total. The van der Waals surface area contributed by atoms with E-state index in [1.165, 1.54) is 18.9 Å². The van der Waals surface area contributed by atoms with E-state index in [0.717, 1.165) is 32.1 Å². The van der Waals surface area contributed by atoms with Crippen LogP contribution in [-0.2, 0) is 25.5 Å². The number of rotatable bonds is 9. The molecule has 1 aliphatic carbocycles. The zero-order valence-electron chi connectivity index (χ0n) is 22.8. The van der Waals surface area contributed by atoms with E-state index in [9.17, 15) is 24.3 Å². The van der Waals surface area contributed by atoms with Gasteiger partial charge in [-0.15, -0.1) is 11.8 Å². The average Bonchev–Trinajstić information content (AvgIpc) is 3.27. The molecule has 2 fully saturated rings. The summed E-state index contributed by atoms with van der Waals surface area (Å²) in [4.78, 5) is 52.9. The van der Waals surface area contributed by atoms with Crippen molar-refractivity contribution >= 4 is 64.4 Å². The summed E-state index contributed by atoms with van der Waals surface area (Å²) >= 11 is 13.6. The summed E-state index contributed by atoms with van der Waals surface area (Å²) in [6, 6.07) is 9.60. The molecule has 220 valence electrons. The smallest absolute Gasteiger partial charge is 0.328 e. The summed E-state index contributed by atoms with van der Waals surface area (Å²) in [6.07, 6.45) is 4.82. The molecular formula is C29H33Cl2N3O6S. The van der Waals surface area contributed by atoms with E-state index in [0.29, 0.717) is 17.8 Å². The zero-order valence-corrected chi connectivity index (χ0v) is 25.2. The monoisotopic (exact) mass is 621 g/mol. The van der Waals surface area contributed by atoms with Gasteiger partial charge in [-0.2, -0.15) is 0 Å². The van der Waals surface area contributed by atoms with Gasteiger partial charge in [0, 0.05) is 12.1 Å². The van der Waals surface area contributed by atoms with Gasteiger partial charge in [-0.3, -0.25) is 19.3 Å². The lowest BCUT2D eigenvalue weighted by Gasteiger charge is -2.41. The number of nitrogens with zero attached hydrogens (tertiary/aromatic N) is 1. The molecule has 0 radical (unpaired) electrons. The van der Waals surface area contributed by atoms with Crippen molar-refractivity contribution in [2.24, 2.45) is 0 Å². The molecule has 41 heavy (non-hydrogen) atoms. The highest BCUT2D eigenvalue weighted by molar-refractivity contribution is 8.02. The van der Waals surface area contributed by atoms with Crippen LogP contribution >= 0.6 is 35.0 Å². The number of carboxylic acids is 1. The first kappa shape index (κ1) is 31.2. The van der Waals surface area contributed by atoms with Crippen LogP contribution in [0.3, 0.4) is 0 Å². The predicted molar refractivity (Wildman–Crippen MR) is 160 cm³/mol. The number of carbonyl (C=O) groups excluding carboxylic acids is 3. The van der Waals surface area contributed by atoms with E-state index in [-0.39, 0.29) is 22.0 Å². The van der Waals surface area contributed by atoms with Crippen molar-refractivity contribution in [2.45, 2.75) is 67.7 Å². The fraction of sp³-hybridized carbons (Fsp3) is 0.448. The Balaban J connectivity index is 1.48. The summed E-state index contributed by atoms with van der Waals surface area (Å²) in [5.74, 6) is -2.66. The first-order chi connectivity index (χ1) is 19.6. The highest BCUT2D eigenvalue weighted by Crippen LogP contribution is 2.52. The molecule has 12 heteroatoms. The van der Waals surface area contributed by atoms with E-state index in [1.807, 2.05) is 11.8 Å². The minimum Gasteiger partial charge on any atom is -0.480 e. The predicted octanol–water partition coefficient (Wildman–Crippen LogP) is 5.00. The number of carbonyl (C=O) groups is 4. The number of thioether (sulfide) groups is 1. The van der Waals surface area contributed by atoms with Gasteiger partial charge >= 0.3 is 11.9 Å². The molecular weight excluding hydrogens is 589 g/mol. The summed E-state index contributed by atoms with van der Waals surface area (Å²) < 4.78 is 4.96. The Morgan fingerprint density at radius 1 is 1.07 bits per heavy atom. The second-order valence-electron chi connectivity index (χ2n) is 10.2. The summed E-state index contributed by atoms with van der Waals surface area (Å²) in [6.45, 7) is 2.45. The summed E-state index contributed by atoms with van der Waals surface area (Å²) in [5, 5.41) is 15.0. The van der Waals surface area contributed by atoms with Crippen LogP contribution in [0.15, 0.2) is 42.5 Å². The Morgan fingerprint density at radius 2 is 1.71 bits per heavy atom. The third-order valence-corrected chi connectivity index (χ3v) is 10.0. The van der Waals surface area contributed by atoms with Crippen LogP contribution < -0.4 is 10.6 Å². The lowest BCUT2D eigenvalue weighted by molar-refractivity contribution is -0.146. The van der Waals surface area contributed by atoms with Gasteiger partial charge in [0.25, 0.3) is 5.91 Å². The Hall–Kier alpha value is -2.79. The number of benzene rings is 2. The first-order valence-corrected chi connectivity index (χ1v) is 15.1. The molecule has 2 aromatic carbocycles. The van der Waals surface area contributed by atoms with Crippen molar-refractivity contribution in [3.63, 3.8) is 0 Å². The third kappa shape index (κ3) is 6.83. The molecule has 1 saturated heterocycles. The van der Waals surface area contributed by atoms with E-state index < -0.39 is 46.0 Å². The van der Waals surface area contributed by atoms with Gasteiger partial charge in [-0.1, -0.05) is 67.6 Å². The number of hydrogen-bond donors (Lipinski definition) is 3. The maximum absolute atomic E-state index is 13.6. The van der Waals surface area contributed by atoms with Crippen molar-refractivity contribution < 1.29 is 29.0 Å². The molecule has 4 rings (SSSR count). The second-order valence-corrected chi connectivity index (χ2v) is 12.5. The van der Waals surface area contributed by atoms with Crippen LogP contribution in [0.25, 0.3) is 0 Å². The molecule has 2 aliphatic rings. The maximum atomic E-state index is 13.6. The van der Waals surface area contributed by atoms with E-state index >= 15 is 0 Å². The number of hydrogen-bond acceptors (Lipinski definition) is 7. The van der Waals surface area contributed by atoms with Crippen molar-refractivity contribution in [1.82, 2.24) is 10.2 Å². The van der Waals surface area contributed by atoms with Crippen LogP contribution in [0.4, 0.5) is 5.69 Å². The normalized spacial score (nSPS) is 20.8. The molecule has 2 aromatic rings. The van der Waals surface area contributed by atoms with Gasteiger partial charge in [0.15, 0.2) is 0 Å². The molecule has 1 aliphatic heterocycles. The lowest BCUT2D eigenvalue weighted by atomic mass is 9.92. The Morgan fingerprint density at radius 3 is 2.27 bits per heavy atom. The number of aliphatic carboxylic acids is 1. The van der Waals surface area contributed by atoms with Gasteiger partial charge in [0.2, 0.25) is 5.91 Å². The van der Waals surface area contributed by atoms with E-state index in [1.54, 1.807) is 42.5 Å². The molecule has 3 unspecified atom stereocenters. The number of halogens is 2. The molecule has 1 saturated carbocycles. The molecule has 3 atom stereocenters. The molecule has 0 aromatic heterocycles. The number of amides is 2. The quantitative estimate of drug-likeness (QED) is 0.334. The summed E-state index contributed by atoms with van der Waals surface area (Å²) in [7, 11) is 1.24. The van der Waals surface area contributed by atoms with Gasteiger partial charge in [0.05, 0.1) is 27.6 Å². The number of anilines is 1. The standard InChI is InChI=1S/C29H33Cl2N3O6S/c1-3-34-23(24(27(37)38)41-29(34)14-5-4-6-15-29)26(36)33-21(28(39)40-2)16-17-10-12-18(13-11-17)32-25(35)22-19(30)8-7-9-20(22)31/h7-13,21,23-24H,3-6,14-16H2,1-2H3,(H,32,35)(H,33,36)(H,37,38). The fourth-order valence-electron chi connectivity index (χ4n) is 5.70. The number of esters is 1. The van der Waals surface area contributed by atoms with Crippen LogP contribution in [0, 0.1) is 0 Å². The van der Waals surface area contributed by atoms with Crippen molar-refractivity contribution in [3.05, 3.63) is 63.6 Å². The Bertz CT molecular complexity index is 1280. The van der Waals surface area contributed by atoms with E-state index in [2.05, 4.69) is 10.6 Å². The molecule has 1 heterocycles. The minimum atomic E-state index is -1.04. The first-order valence-electron chi connectivity index (χ1n) is 13.5. The van der Waals surface area contributed by atoms with Gasteiger partial charge in [-0.25, -0.2) is 4.79 Å². The van der Waals surface area contributed by atoms with Crippen molar-refractivity contribution in [3.8, 4) is 0 Å². The zero-order chi connectivity index (χ0) is 29.7. The number of ether oxygens (including phenoxy) is 1. The Labute approximate surface area is 253 Å². The van der Waals surface area contributed by atoms with Crippen LogP contribution in [0.1, 0.15) is 54.9 Å². The number of carboxylic acid groups (broad SMARTS) is 1. The number of nitrogens with one attached hydrogen (secondary N) is 2. The van der Waals surface area contributed by atoms with E-state index in [4.69, 9.17) is 27.9 Å². The topological polar surface area (TPSA) is 125 Å². The largest absolute Gasteiger partial charge is 0.480 e. The minimum absolute atomic E-state index is 0.109. The maximum Gasteiger partial charge on any atom is 0.328 e. The number of methoxy groups -OCH3 is 1. The van der Waals surface area contributed by atoms with Crippen LogP contribution in [0.5, 0.6) is 0 Å². The Kier molecular flexibility index (Phi) is 10.2. The third-order valence-electron chi connectivity index (χ3n) is 7.62. The second kappa shape index (κ2) is 13.5. The van der Waals surface area contributed by atoms with Crippen LogP contribution in [-0.4, -0.2) is 69.6 Å². The van der Waals surface area contributed by atoms with Gasteiger partial charge < -0.3 is 20.5 Å². The lowest BCUT2D eigenvalue weighted by Crippen LogP contribution is -2.57. The van der Waals surface area contributed by atoms with Crippen molar-refractivity contribution in [1.29, 1.82) is 0 Å².